The van der Waals surface area contributed by atoms with Crippen LogP contribution in [0.15, 0.2) is 22.7 Å². The first-order chi connectivity index (χ1) is 9.45. The van der Waals surface area contributed by atoms with Crippen molar-refractivity contribution < 1.29 is 19.1 Å². The van der Waals surface area contributed by atoms with Gasteiger partial charge < -0.3 is 10.0 Å². The van der Waals surface area contributed by atoms with Crippen LogP contribution >= 0.6 is 27.7 Å². The highest BCUT2D eigenvalue weighted by atomic mass is 79.9. The van der Waals surface area contributed by atoms with Crippen LogP contribution in [0, 0.1) is 5.82 Å². The zero-order chi connectivity index (χ0) is 14.9. The second kappa shape index (κ2) is 6.13. The molecule has 1 aromatic carbocycles. The molecule has 2 rings (SSSR count). The monoisotopic (exact) mass is 361 g/mol. The molecule has 1 aliphatic rings. The molecule has 1 aliphatic heterocycles. The number of carboxylic acid groups (broad SMARTS) is 1. The van der Waals surface area contributed by atoms with E-state index in [1.165, 1.54) is 34.9 Å². The molecular formula is C13H13BrFNO3S. The highest BCUT2D eigenvalue weighted by molar-refractivity contribution is 9.10. The van der Waals surface area contributed by atoms with Gasteiger partial charge in [-0.3, -0.25) is 4.79 Å². The summed E-state index contributed by atoms with van der Waals surface area (Å²) < 4.78 is 13.4. The van der Waals surface area contributed by atoms with E-state index >= 15 is 0 Å². The van der Waals surface area contributed by atoms with E-state index in [0.717, 1.165) is 0 Å². The molecule has 1 saturated heterocycles. The van der Waals surface area contributed by atoms with Crippen molar-refractivity contribution in [2.75, 3.05) is 5.75 Å². The van der Waals surface area contributed by atoms with Crippen LogP contribution in [-0.4, -0.2) is 39.1 Å². The van der Waals surface area contributed by atoms with Crippen molar-refractivity contribution in [3.8, 4) is 0 Å². The number of carbonyl (C=O) groups is 2. The molecule has 7 heteroatoms. The lowest BCUT2D eigenvalue weighted by atomic mass is 10.1. The summed E-state index contributed by atoms with van der Waals surface area (Å²) in [5.74, 6) is -1.47. The molecule has 1 aromatic rings. The van der Waals surface area contributed by atoms with Gasteiger partial charge in [0.05, 0.1) is 9.85 Å². The lowest BCUT2D eigenvalue weighted by Gasteiger charge is -2.26. The van der Waals surface area contributed by atoms with Crippen LogP contribution in [0.4, 0.5) is 4.39 Å². The van der Waals surface area contributed by atoms with E-state index in [4.69, 9.17) is 0 Å². The van der Waals surface area contributed by atoms with Gasteiger partial charge in [-0.05, 0) is 40.5 Å². The number of thioether (sulfide) groups is 1. The summed E-state index contributed by atoms with van der Waals surface area (Å²) in [5.41, 5.74) is 0.283. The molecule has 1 fully saturated rings. The van der Waals surface area contributed by atoms with Crippen molar-refractivity contribution >= 4 is 39.6 Å². The van der Waals surface area contributed by atoms with E-state index in [1.807, 2.05) is 6.92 Å². The molecule has 0 aliphatic carbocycles. The maximum Gasteiger partial charge on any atom is 0.327 e. The molecule has 1 amide bonds. The lowest BCUT2D eigenvalue weighted by Crippen LogP contribution is -2.45. The van der Waals surface area contributed by atoms with Gasteiger partial charge in [0.15, 0.2) is 0 Å². The third-order valence-corrected chi connectivity index (χ3v) is 5.19. The average Bonchev–Trinajstić information content (AvgIpc) is 2.85. The summed E-state index contributed by atoms with van der Waals surface area (Å²) in [6.07, 6.45) is 0.669. The summed E-state index contributed by atoms with van der Waals surface area (Å²) in [7, 11) is 0. The first-order valence-corrected chi connectivity index (χ1v) is 7.92. The predicted octanol–water partition coefficient (Wildman–Crippen LogP) is 2.97. The first-order valence-electron chi connectivity index (χ1n) is 6.07. The van der Waals surface area contributed by atoms with E-state index in [-0.39, 0.29) is 21.3 Å². The molecule has 0 bridgehead atoms. The molecule has 4 nitrogen and oxygen atoms in total. The number of carbonyl (C=O) groups excluding carboxylic acids is 1. The summed E-state index contributed by atoms with van der Waals surface area (Å²) in [4.78, 5) is 25.1. The third kappa shape index (κ3) is 2.83. The van der Waals surface area contributed by atoms with Crippen LogP contribution in [0.2, 0.25) is 0 Å². The minimum Gasteiger partial charge on any atom is -0.480 e. The molecule has 108 valence electrons. The molecule has 0 spiro atoms. The highest BCUT2D eigenvalue weighted by Crippen LogP contribution is 2.33. The summed E-state index contributed by atoms with van der Waals surface area (Å²) in [5, 5.41) is 9.06. The van der Waals surface area contributed by atoms with Crippen LogP contribution in [0.1, 0.15) is 23.7 Å². The zero-order valence-corrected chi connectivity index (χ0v) is 13.1. The van der Waals surface area contributed by atoms with Crippen molar-refractivity contribution in [3.63, 3.8) is 0 Å². The quantitative estimate of drug-likeness (QED) is 0.898. The number of nitrogens with zero attached hydrogens (tertiary/aromatic N) is 1. The van der Waals surface area contributed by atoms with Crippen molar-refractivity contribution in [2.24, 2.45) is 0 Å². The Morgan fingerprint density at radius 3 is 2.80 bits per heavy atom. The van der Waals surface area contributed by atoms with Gasteiger partial charge in [-0.2, -0.15) is 0 Å². The second-order valence-electron chi connectivity index (χ2n) is 4.39. The van der Waals surface area contributed by atoms with Crippen molar-refractivity contribution in [2.45, 2.75) is 24.8 Å². The summed E-state index contributed by atoms with van der Waals surface area (Å²) in [6.45, 7) is 1.91. The standard InChI is InChI=1S/C13H13BrFNO3S/c1-2-11-16(10(6-20-11)13(18)19)12(17)7-3-4-9(15)8(14)5-7/h3-5,10-11H,2,6H2,1H3,(H,18,19). The maximum absolute atomic E-state index is 13.2. The molecule has 0 saturated carbocycles. The number of amides is 1. The molecule has 0 aromatic heterocycles. The number of hydrogen-bond donors (Lipinski definition) is 1. The predicted molar refractivity (Wildman–Crippen MR) is 78.2 cm³/mol. The second-order valence-corrected chi connectivity index (χ2v) is 6.46. The van der Waals surface area contributed by atoms with E-state index in [2.05, 4.69) is 15.9 Å². The number of rotatable bonds is 3. The Kier molecular flexibility index (Phi) is 4.70. The van der Waals surface area contributed by atoms with Gasteiger partial charge in [0.1, 0.15) is 11.9 Å². The normalized spacial score (nSPS) is 22.1. The van der Waals surface area contributed by atoms with Crippen LogP contribution in [0.3, 0.4) is 0 Å². The molecular weight excluding hydrogens is 349 g/mol. The molecule has 20 heavy (non-hydrogen) atoms. The van der Waals surface area contributed by atoms with Gasteiger partial charge in [0.25, 0.3) is 5.91 Å². The van der Waals surface area contributed by atoms with Gasteiger partial charge in [0.2, 0.25) is 0 Å². The molecule has 1 heterocycles. The van der Waals surface area contributed by atoms with Gasteiger partial charge in [-0.25, -0.2) is 9.18 Å². The first kappa shape index (κ1) is 15.3. The Balaban J connectivity index is 2.33. The van der Waals surface area contributed by atoms with Gasteiger partial charge in [0, 0.05) is 11.3 Å². The van der Waals surface area contributed by atoms with Gasteiger partial charge in [-0.15, -0.1) is 11.8 Å². The lowest BCUT2D eigenvalue weighted by molar-refractivity contribution is -0.141. The molecule has 2 unspecified atom stereocenters. The fourth-order valence-electron chi connectivity index (χ4n) is 2.12. The molecule has 1 N–H and O–H groups in total. The van der Waals surface area contributed by atoms with E-state index < -0.39 is 17.8 Å². The Bertz CT molecular complexity index is 554. The van der Waals surface area contributed by atoms with Crippen molar-refractivity contribution in [1.82, 2.24) is 4.90 Å². The van der Waals surface area contributed by atoms with Crippen LogP contribution in [-0.2, 0) is 4.79 Å². The van der Waals surface area contributed by atoms with Gasteiger partial charge in [-0.1, -0.05) is 6.92 Å². The SMILES string of the molecule is CCC1SCC(C(=O)O)N1C(=O)c1ccc(F)c(Br)c1. The zero-order valence-electron chi connectivity index (χ0n) is 10.7. The topological polar surface area (TPSA) is 57.6 Å². The average molecular weight is 362 g/mol. The van der Waals surface area contributed by atoms with Gasteiger partial charge >= 0.3 is 5.97 Å². The summed E-state index contributed by atoms with van der Waals surface area (Å²) >= 11 is 4.49. The Morgan fingerprint density at radius 2 is 2.25 bits per heavy atom. The smallest absolute Gasteiger partial charge is 0.327 e. The minimum atomic E-state index is -1.01. The molecule has 0 radical (unpaired) electrons. The Labute approximate surface area is 128 Å². The van der Waals surface area contributed by atoms with E-state index in [1.54, 1.807) is 0 Å². The van der Waals surface area contributed by atoms with E-state index in [0.29, 0.717) is 12.2 Å². The van der Waals surface area contributed by atoms with Crippen LogP contribution in [0.25, 0.3) is 0 Å². The van der Waals surface area contributed by atoms with Crippen LogP contribution in [0.5, 0.6) is 0 Å². The largest absolute Gasteiger partial charge is 0.480 e. The number of benzene rings is 1. The minimum absolute atomic E-state index is 0.160. The fraction of sp³-hybridized carbons (Fsp3) is 0.385. The Hall–Kier alpha value is -1.08. The maximum atomic E-state index is 13.2. The Morgan fingerprint density at radius 1 is 1.55 bits per heavy atom. The van der Waals surface area contributed by atoms with Crippen molar-refractivity contribution in [1.29, 1.82) is 0 Å². The number of hydrogen-bond acceptors (Lipinski definition) is 3. The number of aliphatic carboxylic acids is 1. The number of carboxylic acids is 1. The summed E-state index contributed by atoms with van der Waals surface area (Å²) in [6, 6.07) is 3.11. The van der Waals surface area contributed by atoms with Crippen LogP contribution < -0.4 is 0 Å². The highest BCUT2D eigenvalue weighted by Gasteiger charge is 2.41. The number of halogens is 2. The van der Waals surface area contributed by atoms with Crippen molar-refractivity contribution in [3.05, 3.63) is 34.1 Å². The van der Waals surface area contributed by atoms with E-state index in [9.17, 15) is 19.1 Å². The molecule has 2 atom stereocenters. The fourth-order valence-corrected chi connectivity index (χ4v) is 3.84. The third-order valence-electron chi connectivity index (χ3n) is 3.13.